The molecule has 0 radical (unpaired) electrons. The molecular weight excluding hydrogens is 254 g/mol. The molecule has 1 aromatic rings. The van der Waals surface area contributed by atoms with Gasteiger partial charge in [-0.2, -0.15) is 0 Å². The van der Waals surface area contributed by atoms with Crippen LogP contribution >= 0.6 is 0 Å². The number of carboxylic acids is 1. The van der Waals surface area contributed by atoms with Crippen LogP contribution in [0.2, 0.25) is 0 Å². The summed E-state index contributed by atoms with van der Waals surface area (Å²) in [6.45, 7) is 4.58. The van der Waals surface area contributed by atoms with Crippen molar-refractivity contribution in [2.75, 3.05) is 19.7 Å². The Morgan fingerprint density at radius 3 is 2.45 bits per heavy atom. The van der Waals surface area contributed by atoms with Gasteiger partial charge in [0, 0.05) is 6.04 Å². The monoisotopic (exact) mass is 277 g/mol. The smallest absolute Gasteiger partial charge is 0.305 e. The third-order valence-corrected chi connectivity index (χ3v) is 3.78. The highest BCUT2D eigenvalue weighted by Gasteiger charge is 2.24. The maximum atomic E-state index is 11.1. The maximum absolute atomic E-state index is 11.1. The van der Waals surface area contributed by atoms with E-state index in [9.17, 15) is 4.79 Å². The minimum atomic E-state index is -0.741. The average Bonchev–Trinajstić information content (AvgIpc) is 2.47. The Kier molecular flexibility index (Phi) is 5.41. The number of piperidine rings is 1. The van der Waals surface area contributed by atoms with E-state index >= 15 is 0 Å². The van der Waals surface area contributed by atoms with E-state index in [1.54, 1.807) is 0 Å². The summed E-state index contributed by atoms with van der Waals surface area (Å²) >= 11 is 0. The summed E-state index contributed by atoms with van der Waals surface area (Å²) in [5.41, 5.74) is 1.07. The van der Waals surface area contributed by atoms with E-state index in [1.807, 2.05) is 31.2 Å². The third-order valence-electron chi connectivity index (χ3n) is 3.78. The lowest BCUT2D eigenvalue weighted by Crippen LogP contribution is -2.34. The molecule has 1 fully saturated rings. The molecule has 1 saturated heterocycles. The molecule has 1 aromatic carbocycles. The summed E-state index contributed by atoms with van der Waals surface area (Å²) in [5.74, 6) is 0.0958. The molecule has 4 nitrogen and oxygen atoms in total. The molecule has 0 saturated carbocycles. The van der Waals surface area contributed by atoms with Crippen molar-refractivity contribution in [2.24, 2.45) is 0 Å². The molecule has 0 amide bonds. The first-order valence-corrected chi connectivity index (χ1v) is 7.39. The Hall–Kier alpha value is -1.55. The van der Waals surface area contributed by atoms with E-state index in [4.69, 9.17) is 9.84 Å². The molecule has 110 valence electrons. The molecule has 1 heterocycles. The van der Waals surface area contributed by atoms with Crippen LogP contribution in [0.3, 0.4) is 0 Å². The van der Waals surface area contributed by atoms with Gasteiger partial charge in [0.25, 0.3) is 0 Å². The van der Waals surface area contributed by atoms with Gasteiger partial charge in [-0.25, -0.2) is 0 Å². The van der Waals surface area contributed by atoms with Crippen LogP contribution < -0.4 is 4.74 Å². The first-order valence-electron chi connectivity index (χ1n) is 7.39. The number of ether oxygens (including phenoxy) is 1. The fourth-order valence-electron chi connectivity index (χ4n) is 2.81. The van der Waals surface area contributed by atoms with Crippen LogP contribution in [0.1, 0.15) is 44.2 Å². The lowest BCUT2D eigenvalue weighted by atomic mass is 9.99. The van der Waals surface area contributed by atoms with E-state index in [1.165, 1.54) is 6.42 Å². The zero-order chi connectivity index (χ0) is 14.4. The van der Waals surface area contributed by atoms with Gasteiger partial charge in [-0.05, 0) is 50.6 Å². The fourth-order valence-corrected chi connectivity index (χ4v) is 2.81. The predicted molar refractivity (Wildman–Crippen MR) is 78.0 cm³/mol. The van der Waals surface area contributed by atoms with Gasteiger partial charge in [0.1, 0.15) is 5.75 Å². The highest BCUT2D eigenvalue weighted by Crippen LogP contribution is 2.28. The summed E-state index contributed by atoms with van der Waals surface area (Å²) in [4.78, 5) is 13.4. The van der Waals surface area contributed by atoms with Gasteiger partial charge < -0.3 is 9.84 Å². The van der Waals surface area contributed by atoms with E-state index in [-0.39, 0.29) is 12.5 Å². The number of carbonyl (C=O) groups is 1. The molecule has 1 N–H and O–H groups in total. The zero-order valence-electron chi connectivity index (χ0n) is 12.0. The van der Waals surface area contributed by atoms with Crippen molar-refractivity contribution >= 4 is 5.97 Å². The molecule has 1 aliphatic heterocycles. The first-order chi connectivity index (χ1) is 9.70. The Labute approximate surface area is 120 Å². The van der Waals surface area contributed by atoms with E-state index < -0.39 is 5.97 Å². The second-order valence-electron chi connectivity index (χ2n) is 5.21. The topological polar surface area (TPSA) is 49.8 Å². The number of rotatable bonds is 6. The highest BCUT2D eigenvalue weighted by molar-refractivity contribution is 5.68. The van der Waals surface area contributed by atoms with Crippen LogP contribution in [0.15, 0.2) is 24.3 Å². The molecule has 0 spiro atoms. The zero-order valence-corrected chi connectivity index (χ0v) is 12.0. The van der Waals surface area contributed by atoms with Crippen LogP contribution in [0.4, 0.5) is 0 Å². The van der Waals surface area contributed by atoms with Crippen molar-refractivity contribution in [1.29, 1.82) is 0 Å². The standard InChI is InChI=1S/C16H23NO3/c1-2-20-14-8-6-13(7-9-14)15(12-16(18)19)17-10-4-3-5-11-17/h6-9,15H,2-5,10-12H2,1H3,(H,18,19). The summed E-state index contributed by atoms with van der Waals surface area (Å²) in [7, 11) is 0. The predicted octanol–water partition coefficient (Wildman–Crippen LogP) is 3.09. The summed E-state index contributed by atoms with van der Waals surface area (Å²) in [6, 6.07) is 7.82. The number of benzene rings is 1. The average molecular weight is 277 g/mol. The lowest BCUT2D eigenvalue weighted by molar-refractivity contribution is -0.138. The van der Waals surface area contributed by atoms with Crippen LogP contribution in [0.5, 0.6) is 5.75 Å². The SMILES string of the molecule is CCOc1ccc(C(CC(=O)O)N2CCCCC2)cc1. The Morgan fingerprint density at radius 1 is 1.25 bits per heavy atom. The summed E-state index contributed by atoms with van der Waals surface area (Å²) in [5, 5.41) is 9.16. The van der Waals surface area contributed by atoms with E-state index in [0.717, 1.165) is 37.2 Å². The maximum Gasteiger partial charge on any atom is 0.305 e. The van der Waals surface area contributed by atoms with Crippen molar-refractivity contribution in [3.63, 3.8) is 0 Å². The van der Waals surface area contributed by atoms with Gasteiger partial charge in [-0.1, -0.05) is 18.6 Å². The highest BCUT2D eigenvalue weighted by atomic mass is 16.5. The number of hydrogen-bond acceptors (Lipinski definition) is 3. The Bertz CT molecular complexity index is 424. The van der Waals surface area contributed by atoms with Crippen molar-refractivity contribution in [2.45, 2.75) is 38.6 Å². The van der Waals surface area contributed by atoms with Gasteiger partial charge >= 0.3 is 5.97 Å². The van der Waals surface area contributed by atoms with Crippen LogP contribution in [0.25, 0.3) is 0 Å². The van der Waals surface area contributed by atoms with Crippen molar-refractivity contribution in [3.05, 3.63) is 29.8 Å². The molecule has 0 aliphatic carbocycles. The molecule has 20 heavy (non-hydrogen) atoms. The van der Waals surface area contributed by atoms with Crippen LogP contribution in [-0.4, -0.2) is 35.7 Å². The number of likely N-dealkylation sites (tertiary alicyclic amines) is 1. The number of hydrogen-bond donors (Lipinski definition) is 1. The van der Waals surface area contributed by atoms with E-state index in [0.29, 0.717) is 6.61 Å². The van der Waals surface area contributed by atoms with Crippen LogP contribution in [0, 0.1) is 0 Å². The second-order valence-corrected chi connectivity index (χ2v) is 5.21. The first kappa shape index (κ1) is 14.9. The quantitative estimate of drug-likeness (QED) is 0.868. The van der Waals surface area contributed by atoms with Gasteiger partial charge in [0.05, 0.1) is 13.0 Å². The molecule has 1 aliphatic rings. The Balaban J connectivity index is 2.14. The van der Waals surface area contributed by atoms with Crippen LogP contribution in [-0.2, 0) is 4.79 Å². The largest absolute Gasteiger partial charge is 0.494 e. The van der Waals surface area contributed by atoms with Gasteiger partial charge in [-0.15, -0.1) is 0 Å². The number of nitrogens with zero attached hydrogens (tertiary/aromatic N) is 1. The van der Waals surface area contributed by atoms with Crippen molar-refractivity contribution < 1.29 is 14.6 Å². The summed E-state index contributed by atoms with van der Waals surface area (Å²) < 4.78 is 5.44. The molecule has 4 heteroatoms. The van der Waals surface area contributed by atoms with Gasteiger partial charge in [0.2, 0.25) is 0 Å². The van der Waals surface area contributed by atoms with E-state index in [2.05, 4.69) is 4.90 Å². The summed E-state index contributed by atoms with van der Waals surface area (Å²) in [6.07, 6.45) is 3.73. The molecule has 2 rings (SSSR count). The molecule has 1 atom stereocenters. The van der Waals surface area contributed by atoms with Crippen molar-refractivity contribution in [3.8, 4) is 5.75 Å². The number of carboxylic acid groups (broad SMARTS) is 1. The normalized spacial score (nSPS) is 17.6. The molecule has 1 unspecified atom stereocenters. The lowest BCUT2D eigenvalue weighted by Gasteiger charge is -2.34. The van der Waals surface area contributed by atoms with Gasteiger partial charge in [0.15, 0.2) is 0 Å². The molecule has 0 bridgehead atoms. The second kappa shape index (κ2) is 7.29. The number of aliphatic carboxylic acids is 1. The van der Waals surface area contributed by atoms with Crippen molar-refractivity contribution in [1.82, 2.24) is 4.90 Å². The molecule has 0 aromatic heterocycles. The fraction of sp³-hybridized carbons (Fsp3) is 0.562. The van der Waals surface area contributed by atoms with Gasteiger partial charge in [-0.3, -0.25) is 9.69 Å². The third kappa shape index (κ3) is 3.97. The minimum absolute atomic E-state index is 0.0246. The minimum Gasteiger partial charge on any atom is -0.494 e. The Morgan fingerprint density at radius 2 is 1.90 bits per heavy atom. The molecular formula is C16H23NO3.